The second-order valence-corrected chi connectivity index (χ2v) is 9.44. The highest BCUT2D eigenvalue weighted by Gasteiger charge is 2.53. The van der Waals surface area contributed by atoms with Crippen molar-refractivity contribution in [1.82, 2.24) is 29.7 Å². The Balaban J connectivity index is 1.47. The highest BCUT2D eigenvalue weighted by molar-refractivity contribution is 6.30. The number of aromatic nitrogens is 3. The summed E-state index contributed by atoms with van der Waals surface area (Å²) in [5, 5.41) is 8.78. The Morgan fingerprint density at radius 3 is 3.00 bits per heavy atom. The molecule has 3 aliphatic heterocycles. The molecule has 2 fully saturated rings. The standard InChI is InChI=1S/C24H25ClN6O2/c1-16-21(13-32)30(15-33-16)31-19-7-8-24(31,14-26-12-19)11-20-22(17-3-5-18(25)6-4-17)28-23-27-9-2-10-29(20)23/h2-6,9-10,13,19,26H,7-8,11-12,14-15H2,1H3. The van der Waals surface area contributed by atoms with Gasteiger partial charge in [-0.25, -0.2) is 15.0 Å². The minimum atomic E-state index is -0.210. The van der Waals surface area contributed by atoms with Crippen molar-refractivity contribution < 1.29 is 9.53 Å². The van der Waals surface area contributed by atoms with Gasteiger partial charge in [0.2, 0.25) is 5.78 Å². The van der Waals surface area contributed by atoms with Gasteiger partial charge in [-0.3, -0.25) is 14.2 Å². The molecule has 0 radical (unpaired) electrons. The van der Waals surface area contributed by atoms with Crippen LogP contribution in [-0.4, -0.2) is 62.1 Å². The van der Waals surface area contributed by atoms with E-state index in [1.165, 1.54) is 0 Å². The van der Waals surface area contributed by atoms with Crippen LogP contribution in [0, 0.1) is 0 Å². The first kappa shape index (κ1) is 20.7. The molecule has 2 bridgehead atoms. The molecule has 5 heterocycles. The number of rotatable bonds is 5. The molecular formula is C24H25ClN6O2. The van der Waals surface area contributed by atoms with Gasteiger partial charge in [0.25, 0.3) is 0 Å². The number of nitrogens with one attached hydrogen (secondary N) is 1. The molecule has 0 saturated carbocycles. The third kappa shape index (κ3) is 3.24. The summed E-state index contributed by atoms with van der Waals surface area (Å²) in [5.41, 5.74) is 3.43. The molecule has 1 N–H and O–H groups in total. The minimum Gasteiger partial charge on any atom is -0.474 e. The average Bonchev–Trinajstić information content (AvgIpc) is 3.43. The molecule has 170 valence electrons. The number of piperazine rings is 1. The van der Waals surface area contributed by atoms with E-state index in [0.29, 0.717) is 35.0 Å². The number of carbonyl (C=O) groups is 1. The summed E-state index contributed by atoms with van der Waals surface area (Å²) in [6, 6.07) is 10.0. The summed E-state index contributed by atoms with van der Waals surface area (Å²) < 4.78 is 7.86. The molecular weight excluding hydrogens is 440 g/mol. The van der Waals surface area contributed by atoms with E-state index in [2.05, 4.69) is 19.7 Å². The Bertz CT molecular complexity index is 1250. The number of hydrogen-bond donors (Lipinski definition) is 1. The summed E-state index contributed by atoms with van der Waals surface area (Å²) in [7, 11) is 0. The molecule has 2 saturated heterocycles. The van der Waals surface area contributed by atoms with Crippen molar-refractivity contribution in [3.8, 4) is 11.3 Å². The second kappa shape index (κ2) is 7.83. The predicted molar refractivity (Wildman–Crippen MR) is 124 cm³/mol. The number of halogens is 1. The lowest BCUT2D eigenvalue weighted by Gasteiger charge is -2.49. The number of fused-ring (bicyclic) bond motifs is 3. The zero-order valence-corrected chi connectivity index (χ0v) is 19.1. The van der Waals surface area contributed by atoms with Crippen LogP contribution in [-0.2, 0) is 16.0 Å². The third-order valence-electron chi connectivity index (χ3n) is 7.14. The highest BCUT2D eigenvalue weighted by atomic mass is 35.5. The largest absolute Gasteiger partial charge is 0.474 e. The van der Waals surface area contributed by atoms with Gasteiger partial charge in [-0.05, 0) is 38.0 Å². The maximum absolute atomic E-state index is 11.9. The maximum Gasteiger partial charge on any atom is 0.234 e. The highest BCUT2D eigenvalue weighted by Crippen LogP contribution is 2.43. The fourth-order valence-electron chi connectivity index (χ4n) is 5.63. The Labute approximate surface area is 196 Å². The Morgan fingerprint density at radius 1 is 1.33 bits per heavy atom. The van der Waals surface area contributed by atoms with Crippen molar-refractivity contribution >= 4 is 23.7 Å². The van der Waals surface area contributed by atoms with E-state index in [-0.39, 0.29) is 5.54 Å². The lowest BCUT2D eigenvalue weighted by molar-refractivity contribution is -0.130. The van der Waals surface area contributed by atoms with Crippen LogP contribution in [0.3, 0.4) is 0 Å². The minimum absolute atomic E-state index is 0.210. The number of nitrogens with zero attached hydrogens (tertiary/aromatic N) is 5. The van der Waals surface area contributed by atoms with E-state index in [1.807, 2.05) is 48.5 Å². The summed E-state index contributed by atoms with van der Waals surface area (Å²) >= 11 is 6.15. The van der Waals surface area contributed by atoms with E-state index in [4.69, 9.17) is 21.3 Å². The van der Waals surface area contributed by atoms with Crippen LogP contribution in [0.5, 0.6) is 0 Å². The van der Waals surface area contributed by atoms with Crippen LogP contribution in [0.4, 0.5) is 0 Å². The van der Waals surface area contributed by atoms with Gasteiger partial charge < -0.3 is 10.1 Å². The number of carbonyl (C=O) groups excluding carboxylic acids is 1. The monoisotopic (exact) mass is 464 g/mol. The van der Waals surface area contributed by atoms with Crippen molar-refractivity contribution in [3.05, 3.63) is 64.9 Å². The molecule has 0 spiro atoms. The van der Waals surface area contributed by atoms with Gasteiger partial charge in [-0.1, -0.05) is 23.7 Å². The lowest BCUT2D eigenvalue weighted by Crippen LogP contribution is -2.66. The third-order valence-corrected chi connectivity index (χ3v) is 7.39. The van der Waals surface area contributed by atoms with Crippen molar-refractivity contribution in [3.63, 3.8) is 0 Å². The fraction of sp³-hybridized carbons (Fsp3) is 0.375. The van der Waals surface area contributed by atoms with E-state index in [9.17, 15) is 4.79 Å². The number of benzene rings is 1. The van der Waals surface area contributed by atoms with Crippen LogP contribution in [0.2, 0.25) is 5.02 Å². The Hall–Kier alpha value is -2.94. The molecule has 3 aromatic rings. The zero-order chi connectivity index (χ0) is 22.6. The number of aldehydes is 1. The van der Waals surface area contributed by atoms with Crippen LogP contribution in [0.15, 0.2) is 54.2 Å². The van der Waals surface area contributed by atoms with Gasteiger partial charge in [0.15, 0.2) is 13.0 Å². The smallest absolute Gasteiger partial charge is 0.234 e. The lowest BCUT2D eigenvalue weighted by atomic mass is 9.89. The molecule has 2 unspecified atom stereocenters. The molecule has 8 nitrogen and oxygen atoms in total. The first-order valence-corrected chi connectivity index (χ1v) is 11.6. The van der Waals surface area contributed by atoms with Gasteiger partial charge in [0.05, 0.1) is 16.9 Å². The normalized spacial score (nSPS) is 25.2. The van der Waals surface area contributed by atoms with Gasteiger partial charge >= 0.3 is 0 Å². The fourth-order valence-corrected chi connectivity index (χ4v) is 5.76. The van der Waals surface area contributed by atoms with Crippen LogP contribution >= 0.6 is 11.6 Å². The Morgan fingerprint density at radius 2 is 2.18 bits per heavy atom. The molecule has 9 heteroatoms. The summed E-state index contributed by atoms with van der Waals surface area (Å²) in [5.74, 6) is 1.35. The number of ether oxygens (including phenoxy) is 1. The predicted octanol–water partition coefficient (Wildman–Crippen LogP) is 3.03. The van der Waals surface area contributed by atoms with Crippen LogP contribution in [0.1, 0.15) is 25.5 Å². The Kier molecular flexibility index (Phi) is 4.90. The SMILES string of the molecule is CC1=C(C=O)N(N2C3CCC2(Cc2c(-c4ccc(Cl)cc4)nc4ncccn24)CNC3)CO1. The number of allylic oxidation sites excluding steroid dienone is 2. The van der Waals surface area contributed by atoms with Crippen LogP contribution < -0.4 is 5.32 Å². The quantitative estimate of drug-likeness (QED) is 0.582. The zero-order valence-electron chi connectivity index (χ0n) is 18.4. The number of hydrazine groups is 1. The molecule has 3 aliphatic rings. The van der Waals surface area contributed by atoms with Crippen molar-refractivity contribution in [2.75, 3.05) is 19.8 Å². The summed E-state index contributed by atoms with van der Waals surface area (Å²) in [4.78, 5) is 21.3. The van der Waals surface area contributed by atoms with Crippen molar-refractivity contribution in [2.24, 2.45) is 0 Å². The van der Waals surface area contributed by atoms with Crippen molar-refractivity contribution in [1.29, 1.82) is 0 Å². The average molecular weight is 465 g/mol. The topological polar surface area (TPSA) is 75.0 Å². The molecule has 33 heavy (non-hydrogen) atoms. The molecule has 2 aromatic heterocycles. The molecule has 0 aliphatic carbocycles. The number of imidazole rings is 1. The van der Waals surface area contributed by atoms with E-state index in [0.717, 1.165) is 55.6 Å². The van der Waals surface area contributed by atoms with Crippen molar-refractivity contribution in [2.45, 2.75) is 37.8 Å². The summed E-state index contributed by atoms with van der Waals surface area (Å²) in [6.07, 6.45) is 7.52. The number of hydrogen-bond acceptors (Lipinski definition) is 7. The molecule has 1 aromatic carbocycles. The van der Waals surface area contributed by atoms with Gasteiger partial charge in [-0.2, -0.15) is 0 Å². The van der Waals surface area contributed by atoms with Crippen LogP contribution in [0.25, 0.3) is 17.0 Å². The molecule has 0 amide bonds. The van der Waals surface area contributed by atoms with Gasteiger partial charge in [-0.15, -0.1) is 0 Å². The first-order chi connectivity index (χ1) is 16.1. The maximum atomic E-state index is 11.9. The molecule has 6 rings (SSSR count). The van der Waals surface area contributed by atoms with Gasteiger partial charge in [0, 0.05) is 48.5 Å². The van der Waals surface area contributed by atoms with Gasteiger partial charge in [0.1, 0.15) is 11.5 Å². The summed E-state index contributed by atoms with van der Waals surface area (Å²) in [6.45, 7) is 3.94. The van der Waals surface area contributed by atoms with E-state index >= 15 is 0 Å². The van der Waals surface area contributed by atoms with E-state index in [1.54, 1.807) is 6.20 Å². The van der Waals surface area contributed by atoms with E-state index < -0.39 is 0 Å². The molecule has 2 atom stereocenters. The first-order valence-electron chi connectivity index (χ1n) is 11.2. The second-order valence-electron chi connectivity index (χ2n) is 9.01.